The van der Waals surface area contributed by atoms with Crippen molar-refractivity contribution in [3.63, 3.8) is 0 Å². The van der Waals surface area contributed by atoms with Gasteiger partial charge in [-0.3, -0.25) is 0 Å². The van der Waals surface area contributed by atoms with Crippen LogP contribution in [-0.2, 0) is 12.6 Å². The summed E-state index contributed by atoms with van der Waals surface area (Å²) in [5, 5.41) is 1.71. The lowest BCUT2D eigenvalue weighted by molar-refractivity contribution is -0.138. The number of H-pyrrole nitrogens is 1. The lowest BCUT2D eigenvalue weighted by Gasteiger charge is -2.34. The predicted molar refractivity (Wildman–Crippen MR) is 157 cm³/mol. The number of aromatic nitrogens is 3. The van der Waals surface area contributed by atoms with Gasteiger partial charge in [0.05, 0.1) is 16.1 Å². The van der Waals surface area contributed by atoms with Gasteiger partial charge < -0.3 is 9.88 Å². The summed E-state index contributed by atoms with van der Waals surface area (Å²) in [6.07, 6.45) is 0.663. The predicted octanol–water partition coefficient (Wildman–Crippen LogP) is 8.83. The molecule has 208 valence electrons. The number of halogens is 4. The van der Waals surface area contributed by atoms with E-state index in [2.05, 4.69) is 66.6 Å². The highest BCUT2D eigenvalue weighted by atomic mass is 35.5. The number of fused-ring (bicyclic) bond motifs is 1. The summed E-state index contributed by atoms with van der Waals surface area (Å²) in [5.74, 6) is 0.282. The molecule has 40 heavy (non-hydrogen) atoms. The number of aromatic amines is 1. The quantitative estimate of drug-likeness (QED) is 0.263. The summed E-state index contributed by atoms with van der Waals surface area (Å²) in [4.78, 5) is 13.4. The number of allylic oxidation sites excluding steroid dienone is 1. The number of hydrogen-bond donors (Lipinski definition) is 1. The van der Waals surface area contributed by atoms with Crippen LogP contribution in [0.5, 0.6) is 0 Å². The van der Waals surface area contributed by atoms with Crippen LogP contribution in [0.4, 0.5) is 19.1 Å². The van der Waals surface area contributed by atoms with Gasteiger partial charge in [-0.05, 0) is 83.4 Å². The first kappa shape index (κ1) is 28.0. The highest BCUT2D eigenvalue weighted by Gasteiger charge is 2.33. The molecule has 0 radical (unpaired) electrons. The molecule has 0 bridgehead atoms. The topological polar surface area (TPSA) is 44.8 Å². The number of rotatable bonds is 5. The largest absolute Gasteiger partial charge is 0.419 e. The van der Waals surface area contributed by atoms with Crippen molar-refractivity contribution < 1.29 is 13.2 Å². The maximum atomic E-state index is 13.2. The van der Waals surface area contributed by atoms with Crippen molar-refractivity contribution in [1.82, 2.24) is 15.0 Å². The van der Waals surface area contributed by atoms with E-state index in [1.807, 2.05) is 24.1 Å². The van der Waals surface area contributed by atoms with Gasteiger partial charge in [-0.25, -0.2) is 9.97 Å². The van der Waals surface area contributed by atoms with Gasteiger partial charge in [0.1, 0.15) is 0 Å². The van der Waals surface area contributed by atoms with E-state index in [4.69, 9.17) is 11.6 Å². The van der Waals surface area contributed by atoms with E-state index >= 15 is 0 Å². The van der Waals surface area contributed by atoms with Gasteiger partial charge in [0.2, 0.25) is 5.95 Å². The van der Waals surface area contributed by atoms with E-state index in [0.29, 0.717) is 24.5 Å². The molecule has 5 rings (SSSR count). The fraction of sp³-hybridized carbons (Fsp3) is 0.312. The molecular formula is C32H32ClF3N4. The number of hydrogen-bond acceptors (Lipinski definition) is 3. The van der Waals surface area contributed by atoms with Crippen LogP contribution in [-0.4, -0.2) is 28.0 Å². The first-order valence-corrected chi connectivity index (χ1v) is 13.8. The van der Waals surface area contributed by atoms with E-state index < -0.39 is 11.7 Å². The van der Waals surface area contributed by atoms with Crippen molar-refractivity contribution in [3.8, 4) is 0 Å². The second-order valence-corrected chi connectivity index (χ2v) is 10.9. The SMILES string of the molecule is C=C1CCN(c2ncc(C(F)(F)F)cn2)C/C1=C(\c1cc(C)c(Cl)c2[nH]ccc12)C(C)c1c(C)cccc1CC. The maximum Gasteiger partial charge on any atom is 0.419 e. The highest BCUT2D eigenvalue weighted by Crippen LogP contribution is 2.45. The third-order valence-electron chi connectivity index (χ3n) is 7.95. The summed E-state index contributed by atoms with van der Waals surface area (Å²) in [6.45, 7) is 14.0. The molecule has 1 fully saturated rings. The van der Waals surface area contributed by atoms with Crippen LogP contribution in [0, 0.1) is 13.8 Å². The third-order valence-corrected chi connectivity index (χ3v) is 8.44. The van der Waals surface area contributed by atoms with Crippen molar-refractivity contribution in [2.45, 2.75) is 52.6 Å². The van der Waals surface area contributed by atoms with E-state index in [1.54, 1.807) is 0 Å². The maximum absolute atomic E-state index is 13.2. The van der Waals surface area contributed by atoms with Gasteiger partial charge in [-0.1, -0.05) is 50.2 Å². The zero-order valence-corrected chi connectivity index (χ0v) is 23.8. The molecule has 3 heterocycles. The molecular weight excluding hydrogens is 533 g/mol. The highest BCUT2D eigenvalue weighted by molar-refractivity contribution is 6.36. The number of nitrogens with zero attached hydrogens (tertiary/aromatic N) is 3. The fourth-order valence-corrected chi connectivity index (χ4v) is 6.11. The van der Waals surface area contributed by atoms with Crippen molar-refractivity contribution >= 4 is 34.0 Å². The normalized spacial score (nSPS) is 16.5. The van der Waals surface area contributed by atoms with Crippen molar-refractivity contribution in [2.24, 2.45) is 0 Å². The number of aryl methyl sites for hydroxylation is 3. The van der Waals surface area contributed by atoms with Crippen LogP contribution in [0.2, 0.25) is 5.02 Å². The van der Waals surface area contributed by atoms with Crippen molar-refractivity contribution in [3.05, 3.63) is 105 Å². The Kier molecular flexibility index (Phi) is 7.53. The Balaban J connectivity index is 1.72. The molecule has 0 amide bonds. The lowest BCUT2D eigenvalue weighted by atomic mass is 9.77. The molecule has 1 aliphatic rings. The molecule has 1 unspecified atom stereocenters. The second kappa shape index (κ2) is 10.8. The van der Waals surface area contributed by atoms with Gasteiger partial charge in [0, 0.05) is 43.0 Å². The number of piperidine rings is 1. The van der Waals surface area contributed by atoms with Crippen LogP contribution in [0.15, 0.2) is 66.6 Å². The van der Waals surface area contributed by atoms with Crippen LogP contribution >= 0.6 is 11.6 Å². The Morgan fingerprint density at radius 2 is 1.88 bits per heavy atom. The average Bonchev–Trinajstić information content (AvgIpc) is 3.42. The van der Waals surface area contributed by atoms with Gasteiger partial charge in [-0.2, -0.15) is 13.2 Å². The van der Waals surface area contributed by atoms with Crippen LogP contribution < -0.4 is 4.90 Å². The first-order chi connectivity index (χ1) is 19.0. The summed E-state index contributed by atoms with van der Waals surface area (Å²) >= 11 is 6.71. The summed E-state index contributed by atoms with van der Waals surface area (Å²) in [7, 11) is 0. The van der Waals surface area contributed by atoms with Crippen LogP contribution in [0.25, 0.3) is 16.5 Å². The average molecular weight is 565 g/mol. The van der Waals surface area contributed by atoms with Crippen LogP contribution in [0.3, 0.4) is 0 Å². The standard InChI is InChI=1S/C32H32ClF3N4/c1-6-22-9-7-8-19(3)27(22)21(5)28(25-14-20(4)29(33)30-24(25)10-12-37-30)26-17-40(13-11-18(26)2)31-38-15-23(16-39-31)32(34,35)36/h7-10,12,14-16,21,37H,2,6,11,13,17H2,1,3-5H3/b28-26+. The zero-order chi connectivity index (χ0) is 28.8. The molecule has 0 saturated carbocycles. The van der Waals surface area contributed by atoms with Crippen molar-refractivity contribution in [1.29, 1.82) is 0 Å². The summed E-state index contributed by atoms with van der Waals surface area (Å²) in [5.41, 5.74) is 9.02. The zero-order valence-electron chi connectivity index (χ0n) is 23.1. The molecule has 4 nitrogen and oxygen atoms in total. The minimum atomic E-state index is -4.48. The summed E-state index contributed by atoms with van der Waals surface area (Å²) in [6, 6.07) is 10.6. The molecule has 0 aliphatic carbocycles. The number of nitrogens with one attached hydrogen (secondary N) is 1. The molecule has 8 heteroatoms. The molecule has 2 aromatic heterocycles. The molecule has 0 spiro atoms. The Morgan fingerprint density at radius 3 is 2.55 bits per heavy atom. The van der Waals surface area contributed by atoms with E-state index in [0.717, 1.165) is 57.6 Å². The van der Waals surface area contributed by atoms with Crippen LogP contribution in [0.1, 0.15) is 59.6 Å². The molecule has 4 aromatic rings. The Morgan fingerprint density at radius 1 is 1.15 bits per heavy atom. The molecule has 2 aromatic carbocycles. The molecule has 1 N–H and O–H groups in total. The van der Waals surface area contributed by atoms with Crippen molar-refractivity contribution in [2.75, 3.05) is 18.0 Å². The fourth-order valence-electron chi connectivity index (χ4n) is 5.90. The van der Waals surface area contributed by atoms with Gasteiger partial charge in [-0.15, -0.1) is 0 Å². The number of anilines is 1. The smallest absolute Gasteiger partial charge is 0.360 e. The van der Waals surface area contributed by atoms with E-state index in [1.165, 1.54) is 16.7 Å². The Bertz CT molecular complexity index is 1620. The van der Waals surface area contributed by atoms with E-state index in [9.17, 15) is 13.2 Å². The Hall–Kier alpha value is -3.58. The monoisotopic (exact) mass is 564 g/mol. The minimum absolute atomic E-state index is 0.00930. The Labute approximate surface area is 237 Å². The first-order valence-electron chi connectivity index (χ1n) is 13.4. The molecule has 1 atom stereocenters. The third kappa shape index (κ3) is 5.03. The number of benzene rings is 2. The van der Waals surface area contributed by atoms with Gasteiger partial charge in [0.15, 0.2) is 0 Å². The summed E-state index contributed by atoms with van der Waals surface area (Å²) < 4.78 is 39.5. The molecule has 1 saturated heterocycles. The van der Waals surface area contributed by atoms with Gasteiger partial charge >= 0.3 is 6.18 Å². The lowest BCUT2D eigenvalue weighted by Crippen LogP contribution is -2.34. The molecule has 1 aliphatic heterocycles. The number of alkyl halides is 3. The van der Waals surface area contributed by atoms with E-state index in [-0.39, 0.29) is 11.9 Å². The van der Waals surface area contributed by atoms with Gasteiger partial charge in [0.25, 0.3) is 0 Å². The minimum Gasteiger partial charge on any atom is -0.360 e. The second-order valence-electron chi connectivity index (χ2n) is 10.5.